The maximum Gasteiger partial charge on any atom is 0.134 e. The number of hydrogen-bond donors (Lipinski definition) is 1. The van der Waals surface area contributed by atoms with Gasteiger partial charge in [0.2, 0.25) is 0 Å². The molecule has 0 unspecified atom stereocenters. The maximum absolute atomic E-state index is 5.85. The van der Waals surface area contributed by atoms with Crippen molar-refractivity contribution in [3.05, 3.63) is 58.1 Å². The molecular weight excluding hydrogens is 318 g/mol. The van der Waals surface area contributed by atoms with Crippen LogP contribution in [0, 0.1) is 0 Å². The van der Waals surface area contributed by atoms with E-state index in [0.29, 0.717) is 6.61 Å². The third-order valence-electron chi connectivity index (χ3n) is 3.04. The minimum atomic E-state index is 0.0157. The van der Waals surface area contributed by atoms with Crippen LogP contribution in [0.1, 0.15) is 24.1 Å². The van der Waals surface area contributed by atoms with E-state index < -0.39 is 0 Å². The highest BCUT2D eigenvalue weighted by molar-refractivity contribution is 9.10. The van der Waals surface area contributed by atoms with Gasteiger partial charge in [0.05, 0.1) is 11.6 Å². The first-order valence-corrected chi connectivity index (χ1v) is 7.20. The molecule has 2 N–H and O–H groups in total. The lowest BCUT2D eigenvalue weighted by Crippen LogP contribution is -2.05. The standard InChI is InChI=1S/C16H18BrNO2/c1-11(18)13-5-8-16(15(17)9-13)20-10-12-3-6-14(19-2)7-4-12/h3-9,11H,10,18H2,1-2H3/t11-/m0/s1. The van der Waals surface area contributed by atoms with Gasteiger partial charge in [-0.1, -0.05) is 18.2 Å². The molecule has 0 saturated carbocycles. The van der Waals surface area contributed by atoms with Gasteiger partial charge in [0.1, 0.15) is 18.1 Å². The molecule has 0 aliphatic heterocycles. The van der Waals surface area contributed by atoms with Crippen molar-refractivity contribution in [3.8, 4) is 11.5 Å². The van der Waals surface area contributed by atoms with E-state index in [2.05, 4.69) is 15.9 Å². The number of ether oxygens (including phenoxy) is 2. The van der Waals surface area contributed by atoms with Gasteiger partial charge in [-0.15, -0.1) is 0 Å². The fraction of sp³-hybridized carbons (Fsp3) is 0.250. The quantitative estimate of drug-likeness (QED) is 0.896. The zero-order chi connectivity index (χ0) is 14.5. The second kappa shape index (κ2) is 6.77. The van der Waals surface area contributed by atoms with E-state index in [9.17, 15) is 0 Å². The van der Waals surface area contributed by atoms with Gasteiger partial charge >= 0.3 is 0 Å². The van der Waals surface area contributed by atoms with Crippen LogP contribution in [-0.4, -0.2) is 7.11 Å². The number of hydrogen-bond acceptors (Lipinski definition) is 3. The highest BCUT2D eigenvalue weighted by Gasteiger charge is 2.06. The summed E-state index contributed by atoms with van der Waals surface area (Å²) in [5.74, 6) is 1.65. The van der Waals surface area contributed by atoms with Gasteiger partial charge in [0.15, 0.2) is 0 Å². The van der Waals surface area contributed by atoms with E-state index in [-0.39, 0.29) is 6.04 Å². The smallest absolute Gasteiger partial charge is 0.134 e. The largest absolute Gasteiger partial charge is 0.497 e. The Morgan fingerprint density at radius 3 is 2.40 bits per heavy atom. The summed E-state index contributed by atoms with van der Waals surface area (Å²) in [5, 5.41) is 0. The van der Waals surface area contributed by atoms with Crippen molar-refractivity contribution >= 4 is 15.9 Å². The van der Waals surface area contributed by atoms with E-state index in [1.54, 1.807) is 7.11 Å². The molecule has 0 saturated heterocycles. The van der Waals surface area contributed by atoms with Gasteiger partial charge in [-0.2, -0.15) is 0 Å². The molecule has 0 aliphatic rings. The summed E-state index contributed by atoms with van der Waals surface area (Å²) in [7, 11) is 1.66. The number of nitrogens with two attached hydrogens (primary N) is 1. The van der Waals surface area contributed by atoms with Crippen molar-refractivity contribution in [3.63, 3.8) is 0 Å². The van der Waals surface area contributed by atoms with Gasteiger partial charge in [-0.3, -0.25) is 0 Å². The Balaban J connectivity index is 2.03. The lowest BCUT2D eigenvalue weighted by atomic mass is 10.1. The summed E-state index contributed by atoms with van der Waals surface area (Å²) >= 11 is 3.51. The minimum Gasteiger partial charge on any atom is -0.497 e. The molecule has 0 spiro atoms. The molecule has 2 aromatic rings. The molecule has 3 nitrogen and oxygen atoms in total. The van der Waals surface area contributed by atoms with Crippen molar-refractivity contribution in [2.75, 3.05) is 7.11 Å². The average Bonchev–Trinajstić information content (AvgIpc) is 2.46. The van der Waals surface area contributed by atoms with Gasteiger partial charge in [0.25, 0.3) is 0 Å². The van der Waals surface area contributed by atoms with Gasteiger partial charge in [-0.25, -0.2) is 0 Å². The highest BCUT2D eigenvalue weighted by atomic mass is 79.9. The summed E-state index contributed by atoms with van der Waals surface area (Å²) in [4.78, 5) is 0. The van der Waals surface area contributed by atoms with Crippen molar-refractivity contribution in [2.45, 2.75) is 19.6 Å². The molecule has 2 rings (SSSR count). The molecule has 0 bridgehead atoms. The lowest BCUT2D eigenvalue weighted by molar-refractivity contribution is 0.304. The second-order valence-electron chi connectivity index (χ2n) is 4.62. The molecule has 0 aromatic heterocycles. The van der Waals surface area contributed by atoms with Crippen molar-refractivity contribution < 1.29 is 9.47 Å². The molecule has 0 aliphatic carbocycles. The SMILES string of the molecule is COc1ccc(COc2ccc([C@H](C)N)cc2Br)cc1. The molecule has 106 valence electrons. The highest BCUT2D eigenvalue weighted by Crippen LogP contribution is 2.28. The van der Waals surface area contributed by atoms with Crippen LogP contribution >= 0.6 is 15.9 Å². The Morgan fingerprint density at radius 2 is 1.85 bits per heavy atom. The Bertz CT molecular complexity index is 567. The van der Waals surface area contributed by atoms with Crippen LogP contribution in [-0.2, 0) is 6.61 Å². The van der Waals surface area contributed by atoms with E-state index in [1.165, 1.54) is 0 Å². The van der Waals surface area contributed by atoms with E-state index in [4.69, 9.17) is 15.2 Å². The first kappa shape index (κ1) is 14.9. The van der Waals surface area contributed by atoms with Crippen LogP contribution < -0.4 is 15.2 Å². The van der Waals surface area contributed by atoms with Gasteiger partial charge in [-0.05, 0) is 58.2 Å². The first-order chi connectivity index (χ1) is 9.60. The van der Waals surface area contributed by atoms with Crippen molar-refractivity contribution in [1.29, 1.82) is 0 Å². The van der Waals surface area contributed by atoms with E-state index >= 15 is 0 Å². The molecular formula is C16H18BrNO2. The number of halogens is 1. The summed E-state index contributed by atoms with van der Waals surface area (Å²) in [6.45, 7) is 2.47. The molecule has 0 radical (unpaired) electrons. The number of benzene rings is 2. The molecule has 4 heteroatoms. The van der Waals surface area contributed by atoms with Crippen LogP contribution in [0.5, 0.6) is 11.5 Å². The molecule has 0 amide bonds. The average molecular weight is 336 g/mol. The minimum absolute atomic E-state index is 0.0157. The van der Waals surface area contributed by atoms with E-state index in [0.717, 1.165) is 27.1 Å². The van der Waals surface area contributed by atoms with Crippen molar-refractivity contribution in [2.24, 2.45) is 5.73 Å². The number of rotatable bonds is 5. The topological polar surface area (TPSA) is 44.5 Å². The predicted molar refractivity (Wildman–Crippen MR) is 84.1 cm³/mol. The summed E-state index contributed by atoms with van der Waals surface area (Å²) in [6, 6.07) is 13.8. The first-order valence-electron chi connectivity index (χ1n) is 6.41. The molecule has 1 atom stereocenters. The number of methoxy groups -OCH3 is 1. The Hall–Kier alpha value is -1.52. The fourth-order valence-electron chi connectivity index (χ4n) is 1.80. The molecule has 2 aromatic carbocycles. The zero-order valence-electron chi connectivity index (χ0n) is 11.6. The van der Waals surface area contributed by atoms with Crippen LogP contribution in [0.25, 0.3) is 0 Å². The summed E-state index contributed by atoms with van der Waals surface area (Å²) in [5.41, 5.74) is 8.02. The van der Waals surface area contributed by atoms with Crippen LogP contribution in [0.3, 0.4) is 0 Å². The second-order valence-corrected chi connectivity index (χ2v) is 5.47. The third-order valence-corrected chi connectivity index (χ3v) is 3.65. The monoisotopic (exact) mass is 335 g/mol. The molecule has 0 fully saturated rings. The Kier molecular flexibility index (Phi) is 5.04. The lowest BCUT2D eigenvalue weighted by Gasteiger charge is -2.11. The van der Waals surface area contributed by atoms with Gasteiger partial charge in [0, 0.05) is 6.04 Å². The van der Waals surface area contributed by atoms with Crippen LogP contribution in [0.15, 0.2) is 46.9 Å². The normalized spacial score (nSPS) is 12.0. The molecule has 0 heterocycles. The fourth-order valence-corrected chi connectivity index (χ4v) is 2.31. The zero-order valence-corrected chi connectivity index (χ0v) is 13.2. The van der Waals surface area contributed by atoms with Gasteiger partial charge < -0.3 is 15.2 Å². The van der Waals surface area contributed by atoms with Crippen molar-refractivity contribution in [1.82, 2.24) is 0 Å². The van der Waals surface area contributed by atoms with Crippen LogP contribution in [0.4, 0.5) is 0 Å². The summed E-state index contributed by atoms with van der Waals surface area (Å²) in [6.07, 6.45) is 0. The van der Waals surface area contributed by atoms with E-state index in [1.807, 2.05) is 49.4 Å². The Labute approximate surface area is 127 Å². The van der Waals surface area contributed by atoms with Crippen LogP contribution in [0.2, 0.25) is 0 Å². The third kappa shape index (κ3) is 3.74. The summed E-state index contributed by atoms with van der Waals surface area (Å²) < 4.78 is 11.8. The Morgan fingerprint density at radius 1 is 1.15 bits per heavy atom. The predicted octanol–water partition coefficient (Wildman–Crippen LogP) is 4.06. The maximum atomic E-state index is 5.85. The molecule has 20 heavy (non-hydrogen) atoms.